The fourth-order valence-electron chi connectivity index (χ4n) is 4.08. The molecule has 0 saturated carbocycles. The second-order valence-corrected chi connectivity index (χ2v) is 8.31. The van der Waals surface area contributed by atoms with Gasteiger partial charge in [-0.25, -0.2) is 18.6 Å². The molecular formula is C21H21F5N6O4. The average molecular weight is 516 g/mol. The summed E-state index contributed by atoms with van der Waals surface area (Å²) in [6.07, 6.45) is -5.68. The van der Waals surface area contributed by atoms with E-state index < -0.39 is 47.1 Å². The van der Waals surface area contributed by atoms with Crippen LogP contribution in [-0.2, 0) is 35.3 Å². The van der Waals surface area contributed by atoms with Crippen LogP contribution in [0.2, 0.25) is 0 Å². The highest BCUT2D eigenvalue weighted by Crippen LogP contribution is 2.36. The van der Waals surface area contributed by atoms with Gasteiger partial charge in [0.25, 0.3) is 5.91 Å². The molecular weight excluding hydrogens is 495 g/mol. The molecule has 0 spiro atoms. The number of halogens is 5. The van der Waals surface area contributed by atoms with Crippen molar-refractivity contribution in [3.63, 3.8) is 0 Å². The van der Waals surface area contributed by atoms with Crippen molar-refractivity contribution in [2.24, 2.45) is 0 Å². The second kappa shape index (κ2) is 9.37. The minimum absolute atomic E-state index is 0.0834. The van der Waals surface area contributed by atoms with Gasteiger partial charge in [0.2, 0.25) is 5.91 Å². The minimum Gasteiger partial charge on any atom is -0.354 e. The highest BCUT2D eigenvalue weighted by Gasteiger charge is 2.39. The quantitative estimate of drug-likeness (QED) is 0.609. The molecule has 0 fully saturated rings. The Bertz CT molecular complexity index is 1230. The maximum Gasteiger partial charge on any atom is 0.422 e. The van der Waals surface area contributed by atoms with E-state index in [0.29, 0.717) is 23.4 Å². The van der Waals surface area contributed by atoms with E-state index in [-0.39, 0.29) is 44.2 Å². The summed E-state index contributed by atoms with van der Waals surface area (Å²) in [6, 6.07) is 0.178. The van der Waals surface area contributed by atoms with Crippen LogP contribution in [0.4, 0.5) is 32.4 Å². The van der Waals surface area contributed by atoms with E-state index in [4.69, 9.17) is 4.84 Å². The van der Waals surface area contributed by atoms with E-state index in [9.17, 15) is 36.3 Å². The van der Waals surface area contributed by atoms with Gasteiger partial charge in [0.05, 0.1) is 24.5 Å². The van der Waals surface area contributed by atoms with Crippen molar-refractivity contribution >= 4 is 23.5 Å². The normalized spacial score (nSPS) is 17.9. The molecule has 10 nitrogen and oxygen atoms in total. The summed E-state index contributed by atoms with van der Waals surface area (Å²) >= 11 is 0. The lowest BCUT2D eigenvalue weighted by Gasteiger charge is -2.27. The smallest absolute Gasteiger partial charge is 0.354 e. The summed E-state index contributed by atoms with van der Waals surface area (Å²) in [5, 5.41) is 10.1. The van der Waals surface area contributed by atoms with E-state index in [2.05, 4.69) is 10.4 Å². The molecule has 2 aliphatic rings. The van der Waals surface area contributed by atoms with Crippen LogP contribution < -0.4 is 10.6 Å². The number of urea groups is 1. The zero-order valence-corrected chi connectivity index (χ0v) is 19.1. The fourth-order valence-corrected chi connectivity index (χ4v) is 4.08. The Morgan fingerprint density at radius 1 is 1.25 bits per heavy atom. The van der Waals surface area contributed by atoms with Crippen LogP contribution in [0.1, 0.15) is 34.2 Å². The number of hydrogen-bond acceptors (Lipinski definition) is 5. The third-order valence-electron chi connectivity index (χ3n) is 5.76. The van der Waals surface area contributed by atoms with Gasteiger partial charge in [-0.15, -0.1) is 0 Å². The zero-order valence-electron chi connectivity index (χ0n) is 19.1. The van der Waals surface area contributed by atoms with Crippen LogP contribution in [0.5, 0.6) is 0 Å². The predicted molar refractivity (Wildman–Crippen MR) is 112 cm³/mol. The minimum atomic E-state index is -5.29. The molecule has 0 saturated heterocycles. The molecule has 4 amide bonds. The number of rotatable bonds is 3. The molecule has 3 heterocycles. The average Bonchev–Trinajstić information content (AvgIpc) is 3.09. The molecule has 1 aromatic heterocycles. The molecule has 36 heavy (non-hydrogen) atoms. The number of alkyl halides is 3. The third kappa shape index (κ3) is 4.82. The Morgan fingerprint density at radius 3 is 2.64 bits per heavy atom. The molecule has 15 heteroatoms. The van der Waals surface area contributed by atoms with E-state index in [0.717, 1.165) is 5.06 Å². The molecule has 4 rings (SSSR count). The Morgan fingerprint density at radius 2 is 1.97 bits per heavy atom. The highest BCUT2D eigenvalue weighted by molar-refractivity contribution is 5.94. The Balaban J connectivity index is 1.56. The fraction of sp³-hybridized carbons (Fsp3) is 0.429. The SMILES string of the molecule is CC(=O)NC[C@H]1Cn2nc3c(c2C(=O)N(C)O1)CN(C(=O)Nc1ccc(F)c(C(F)(F)F)c1F)CC3. The first-order valence-electron chi connectivity index (χ1n) is 10.8. The first-order valence-corrected chi connectivity index (χ1v) is 10.8. The lowest BCUT2D eigenvalue weighted by atomic mass is 10.0. The highest BCUT2D eigenvalue weighted by atomic mass is 19.4. The number of nitrogens with one attached hydrogen (secondary N) is 2. The number of benzene rings is 1. The van der Waals surface area contributed by atoms with Gasteiger partial charge in [0.1, 0.15) is 23.2 Å². The topological polar surface area (TPSA) is 109 Å². The van der Waals surface area contributed by atoms with Crippen molar-refractivity contribution in [3.8, 4) is 0 Å². The van der Waals surface area contributed by atoms with Crippen molar-refractivity contribution in [2.75, 3.05) is 25.5 Å². The monoisotopic (exact) mass is 516 g/mol. The Kier molecular flexibility index (Phi) is 6.60. The summed E-state index contributed by atoms with van der Waals surface area (Å²) < 4.78 is 68.4. The van der Waals surface area contributed by atoms with Gasteiger partial charge >= 0.3 is 12.2 Å². The van der Waals surface area contributed by atoms with Crippen LogP contribution in [-0.4, -0.2) is 63.8 Å². The van der Waals surface area contributed by atoms with E-state index >= 15 is 0 Å². The number of nitrogens with zero attached hydrogens (tertiary/aromatic N) is 4. The van der Waals surface area contributed by atoms with E-state index in [1.54, 1.807) is 0 Å². The van der Waals surface area contributed by atoms with Crippen molar-refractivity contribution < 1.29 is 41.2 Å². The molecule has 194 valence electrons. The van der Waals surface area contributed by atoms with Gasteiger partial charge in [-0.2, -0.15) is 18.3 Å². The molecule has 2 N–H and O–H groups in total. The number of hydroxylamine groups is 2. The van der Waals surface area contributed by atoms with Crippen molar-refractivity contribution in [1.82, 2.24) is 25.1 Å². The summed E-state index contributed by atoms with van der Waals surface area (Å²) in [6.45, 7) is 1.53. The maximum absolute atomic E-state index is 14.4. The van der Waals surface area contributed by atoms with Gasteiger partial charge in [0, 0.05) is 39.0 Å². The predicted octanol–water partition coefficient (Wildman–Crippen LogP) is 2.29. The summed E-state index contributed by atoms with van der Waals surface area (Å²) in [7, 11) is 1.39. The molecule has 0 unspecified atom stereocenters. The number of aromatic nitrogens is 2. The van der Waals surface area contributed by atoms with Gasteiger partial charge in [-0.3, -0.25) is 19.1 Å². The molecule has 1 atom stereocenters. The summed E-state index contributed by atoms with van der Waals surface area (Å²) in [5.41, 5.74) is -1.83. The van der Waals surface area contributed by atoms with E-state index in [1.807, 2.05) is 5.32 Å². The number of carbonyl (C=O) groups excluding carboxylic acids is 3. The van der Waals surface area contributed by atoms with Crippen LogP contribution in [0.15, 0.2) is 12.1 Å². The van der Waals surface area contributed by atoms with Gasteiger partial charge in [-0.05, 0) is 12.1 Å². The van der Waals surface area contributed by atoms with Gasteiger partial charge < -0.3 is 15.5 Å². The van der Waals surface area contributed by atoms with Crippen LogP contribution in [0, 0.1) is 11.6 Å². The molecule has 2 aromatic rings. The summed E-state index contributed by atoms with van der Waals surface area (Å²) in [5.74, 6) is -4.56. The van der Waals surface area contributed by atoms with Crippen LogP contribution in [0.3, 0.4) is 0 Å². The molecule has 1 aromatic carbocycles. The number of anilines is 1. The second-order valence-electron chi connectivity index (χ2n) is 8.31. The number of fused-ring (bicyclic) bond motifs is 3. The zero-order chi connectivity index (χ0) is 26.4. The number of carbonyl (C=O) groups is 3. The van der Waals surface area contributed by atoms with Crippen molar-refractivity contribution in [3.05, 3.63) is 46.3 Å². The van der Waals surface area contributed by atoms with Crippen molar-refractivity contribution in [1.29, 1.82) is 0 Å². The largest absolute Gasteiger partial charge is 0.422 e. The first-order chi connectivity index (χ1) is 16.9. The number of hydrogen-bond donors (Lipinski definition) is 2. The van der Waals surface area contributed by atoms with Crippen LogP contribution >= 0.6 is 0 Å². The van der Waals surface area contributed by atoms with E-state index in [1.165, 1.54) is 23.6 Å². The Hall–Kier alpha value is -3.75. The van der Waals surface area contributed by atoms with Crippen molar-refractivity contribution in [2.45, 2.75) is 38.7 Å². The van der Waals surface area contributed by atoms with Gasteiger partial charge in [-0.1, -0.05) is 0 Å². The Labute approximate surface area is 200 Å². The number of amides is 4. The maximum atomic E-state index is 14.4. The summed E-state index contributed by atoms with van der Waals surface area (Å²) in [4.78, 5) is 43.7. The van der Waals surface area contributed by atoms with Crippen LogP contribution in [0.25, 0.3) is 0 Å². The molecule has 0 aliphatic carbocycles. The lowest BCUT2D eigenvalue weighted by molar-refractivity contribution is -0.148. The lowest BCUT2D eigenvalue weighted by Crippen LogP contribution is -2.40. The van der Waals surface area contributed by atoms with Gasteiger partial charge in [0.15, 0.2) is 5.82 Å². The molecule has 0 radical (unpaired) electrons. The first kappa shape index (κ1) is 25.3. The molecule has 0 bridgehead atoms. The standard InChI is InChI=1S/C21H21F5N6O4/c1-10(33)27-7-11-8-32-18(19(34)30(2)36-11)12-9-31(6-5-14(12)29-32)20(35)28-15-4-3-13(22)16(17(15)23)21(24,25)26/h3-4,11H,5-9H2,1-2H3,(H,27,33)(H,28,35)/t11-/m0/s1. The molecule has 2 aliphatic heterocycles. The third-order valence-corrected chi connectivity index (χ3v) is 5.76.